The lowest BCUT2D eigenvalue weighted by Gasteiger charge is -2.33. The number of piperidine rings is 1. The minimum atomic E-state index is -3.79. The van der Waals surface area contributed by atoms with Crippen molar-refractivity contribution in [3.05, 3.63) is 28.2 Å². The van der Waals surface area contributed by atoms with E-state index in [9.17, 15) is 13.2 Å². The first-order valence-electron chi connectivity index (χ1n) is 7.78. The van der Waals surface area contributed by atoms with Crippen LogP contribution in [0.15, 0.2) is 23.1 Å². The number of halogens is 2. The van der Waals surface area contributed by atoms with E-state index < -0.39 is 10.0 Å². The molecule has 0 spiro atoms. The minimum Gasteiger partial charge on any atom is -0.351 e. The Bertz CT molecular complexity index is 729. The molecule has 0 saturated carbocycles. The van der Waals surface area contributed by atoms with Crippen molar-refractivity contribution in [1.29, 1.82) is 0 Å². The molecule has 1 N–H and O–H groups in total. The van der Waals surface area contributed by atoms with Crippen LogP contribution in [0.3, 0.4) is 0 Å². The normalized spacial score (nSPS) is 20.0. The molecule has 0 aromatic heterocycles. The van der Waals surface area contributed by atoms with Crippen LogP contribution in [0.25, 0.3) is 0 Å². The molecule has 0 unspecified atom stereocenters. The summed E-state index contributed by atoms with van der Waals surface area (Å²) in [5, 5.41) is 3.34. The summed E-state index contributed by atoms with van der Waals surface area (Å²) in [6.07, 6.45) is 1.29. The van der Waals surface area contributed by atoms with Gasteiger partial charge in [0.1, 0.15) is 4.90 Å². The Labute approximate surface area is 153 Å². The van der Waals surface area contributed by atoms with Crippen molar-refractivity contribution in [3.63, 3.8) is 0 Å². The minimum absolute atomic E-state index is 0.0199. The molecular formula is C16H22Cl2N2O3S. The molecule has 5 nitrogen and oxygen atoms in total. The van der Waals surface area contributed by atoms with Crippen molar-refractivity contribution < 1.29 is 13.2 Å². The van der Waals surface area contributed by atoms with E-state index in [1.807, 2.05) is 20.8 Å². The van der Waals surface area contributed by atoms with Crippen LogP contribution < -0.4 is 5.32 Å². The van der Waals surface area contributed by atoms with Gasteiger partial charge in [-0.3, -0.25) is 4.79 Å². The number of sulfonamides is 1. The highest BCUT2D eigenvalue weighted by Gasteiger charge is 2.35. The summed E-state index contributed by atoms with van der Waals surface area (Å²) in [6.45, 7) is 6.20. The van der Waals surface area contributed by atoms with Gasteiger partial charge in [-0.2, -0.15) is 4.31 Å². The van der Waals surface area contributed by atoms with E-state index in [0.717, 1.165) is 0 Å². The zero-order valence-electron chi connectivity index (χ0n) is 14.0. The monoisotopic (exact) mass is 392 g/mol. The fraction of sp³-hybridized carbons (Fsp3) is 0.562. The third kappa shape index (κ3) is 4.63. The van der Waals surface area contributed by atoms with Crippen LogP contribution in [0.1, 0.15) is 33.6 Å². The topological polar surface area (TPSA) is 66.5 Å². The molecule has 0 radical (unpaired) electrons. The van der Waals surface area contributed by atoms with E-state index in [1.54, 1.807) is 6.07 Å². The van der Waals surface area contributed by atoms with Gasteiger partial charge in [-0.25, -0.2) is 8.42 Å². The predicted molar refractivity (Wildman–Crippen MR) is 95.8 cm³/mol. The summed E-state index contributed by atoms with van der Waals surface area (Å²) < 4.78 is 27.0. The Morgan fingerprint density at radius 3 is 2.58 bits per heavy atom. The van der Waals surface area contributed by atoms with Crippen molar-refractivity contribution in [2.45, 2.75) is 44.0 Å². The second-order valence-corrected chi connectivity index (χ2v) is 9.77. The molecule has 2 rings (SSSR count). The maximum absolute atomic E-state index is 12.9. The summed E-state index contributed by atoms with van der Waals surface area (Å²) >= 11 is 12.0. The summed E-state index contributed by atoms with van der Waals surface area (Å²) in [6, 6.07) is 4.35. The molecule has 0 bridgehead atoms. The molecule has 1 fully saturated rings. The lowest BCUT2D eigenvalue weighted by atomic mass is 9.97. The molecule has 134 valence electrons. The van der Waals surface area contributed by atoms with Gasteiger partial charge in [-0.1, -0.05) is 23.2 Å². The largest absolute Gasteiger partial charge is 0.351 e. The summed E-state index contributed by atoms with van der Waals surface area (Å²) in [5.74, 6) is -0.495. The molecule has 1 aromatic carbocycles. The maximum Gasteiger partial charge on any atom is 0.244 e. The highest BCUT2D eigenvalue weighted by atomic mass is 35.5. The lowest BCUT2D eigenvalue weighted by Crippen LogP contribution is -2.49. The Balaban J connectivity index is 2.22. The molecule has 1 atom stereocenters. The van der Waals surface area contributed by atoms with Gasteiger partial charge >= 0.3 is 0 Å². The van der Waals surface area contributed by atoms with Crippen LogP contribution in [0.2, 0.25) is 10.0 Å². The standard InChI is InChI=1S/C16H22Cl2N2O3S/c1-16(2,3)19-15(21)11-5-4-8-20(10-11)24(22,23)14-9-12(17)6-7-13(14)18/h6-7,9,11H,4-5,8,10H2,1-3H3,(H,19,21)/t11-/m1/s1. The van der Waals surface area contributed by atoms with Crippen LogP contribution in [0, 0.1) is 5.92 Å². The molecule has 1 amide bonds. The molecular weight excluding hydrogens is 371 g/mol. The van der Waals surface area contributed by atoms with Gasteiger partial charge in [-0.05, 0) is 51.8 Å². The first kappa shape index (κ1) is 19.5. The number of rotatable bonds is 3. The second-order valence-electron chi connectivity index (χ2n) is 7.02. The van der Waals surface area contributed by atoms with Crippen LogP contribution in [-0.2, 0) is 14.8 Å². The van der Waals surface area contributed by atoms with Crippen molar-refractivity contribution in [1.82, 2.24) is 9.62 Å². The van der Waals surface area contributed by atoms with E-state index in [-0.39, 0.29) is 33.8 Å². The van der Waals surface area contributed by atoms with Gasteiger partial charge < -0.3 is 5.32 Å². The SMILES string of the molecule is CC(C)(C)NC(=O)[C@@H]1CCCN(S(=O)(=O)c2cc(Cl)ccc2Cl)C1. The molecule has 8 heteroatoms. The smallest absolute Gasteiger partial charge is 0.244 e. The predicted octanol–water partition coefficient (Wildman–Crippen LogP) is 3.31. The van der Waals surface area contributed by atoms with Gasteiger partial charge in [-0.15, -0.1) is 0 Å². The lowest BCUT2D eigenvalue weighted by molar-refractivity contribution is -0.127. The van der Waals surface area contributed by atoms with Crippen LogP contribution in [-0.4, -0.2) is 37.3 Å². The zero-order chi connectivity index (χ0) is 18.1. The zero-order valence-corrected chi connectivity index (χ0v) is 16.3. The highest BCUT2D eigenvalue weighted by Crippen LogP contribution is 2.30. The Hall–Kier alpha value is -0.820. The van der Waals surface area contributed by atoms with Gasteiger partial charge in [0.25, 0.3) is 0 Å². The van der Waals surface area contributed by atoms with Crippen LogP contribution in [0.5, 0.6) is 0 Å². The molecule has 0 aliphatic carbocycles. The summed E-state index contributed by atoms with van der Waals surface area (Å²) in [4.78, 5) is 12.3. The first-order valence-corrected chi connectivity index (χ1v) is 9.97. The van der Waals surface area contributed by atoms with E-state index in [0.29, 0.717) is 24.4 Å². The molecule has 24 heavy (non-hydrogen) atoms. The van der Waals surface area contributed by atoms with Crippen LogP contribution >= 0.6 is 23.2 Å². The third-order valence-corrected chi connectivity index (χ3v) is 6.35. The van der Waals surface area contributed by atoms with Gasteiger partial charge in [0, 0.05) is 23.7 Å². The van der Waals surface area contributed by atoms with E-state index in [4.69, 9.17) is 23.2 Å². The van der Waals surface area contributed by atoms with Crippen molar-refractivity contribution in [3.8, 4) is 0 Å². The van der Waals surface area contributed by atoms with Crippen molar-refractivity contribution in [2.24, 2.45) is 5.92 Å². The fourth-order valence-corrected chi connectivity index (χ4v) is 4.92. The van der Waals surface area contributed by atoms with Gasteiger partial charge in [0.05, 0.1) is 10.9 Å². The number of benzene rings is 1. The average Bonchev–Trinajstić information content (AvgIpc) is 2.48. The maximum atomic E-state index is 12.9. The Morgan fingerprint density at radius 2 is 1.96 bits per heavy atom. The quantitative estimate of drug-likeness (QED) is 0.857. The number of nitrogens with one attached hydrogen (secondary N) is 1. The third-order valence-electron chi connectivity index (χ3n) is 3.76. The van der Waals surface area contributed by atoms with Gasteiger partial charge in [0.2, 0.25) is 15.9 Å². The van der Waals surface area contributed by atoms with Crippen molar-refractivity contribution >= 4 is 39.1 Å². The molecule has 1 aliphatic rings. The number of carbonyl (C=O) groups is 1. The fourth-order valence-electron chi connectivity index (χ4n) is 2.66. The number of amides is 1. The van der Waals surface area contributed by atoms with Gasteiger partial charge in [0.15, 0.2) is 0 Å². The van der Waals surface area contributed by atoms with E-state index in [1.165, 1.54) is 16.4 Å². The highest BCUT2D eigenvalue weighted by molar-refractivity contribution is 7.89. The second kappa shape index (κ2) is 7.20. The molecule has 1 aliphatic heterocycles. The summed E-state index contributed by atoms with van der Waals surface area (Å²) in [5.41, 5.74) is -0.353. The Kier molecular flexibility index (Phi) is 5.85. The van der Waals surface area contributed by atoms with E-state index in [2.05, 4.69) is 5.32 Å². The van der Waals surface area contributed by atoms with Crippen LogP contribution in [0.4, 0.5) is 0 Å². The molecule has 1 aromatic rings. The number of carbonyl (C=O) groups excluding carboxylic acids is 1. The number of hydrogen-bond acceptors (Lipinski definition) is 3. The molecule has 1 heterocycles. The first-order chi connectivity index (χ1) is 11.0. The van der Waals surface area contributed by atoms with E-state index >= 15 is 0 Å². The number of nitrogens with zero attached hydrogens (tertiary/aromatic N) is 1. The number of hydrogen-bond donors (Lipinski definition) is 1. The summed E-state index contributed by atoms with van der Waals surface area (Å²) in [7, 11) is -3.79. The Morgan fingerprint density at radius 1 is 1.29 bits per heavy atom. The average molecular weight is 393 g/mol. The van der Waals surface area contributed by atoms with Crippen molar-refractivity contribution in [2.75, 3.05) is 13.1 Å². The molecule has 1 saturated heterocycles.